The van der Waals surface area contributed by atoms with E-state index in [9.17, 15) is 4.79 Å². The van der Waals surface area contributed by atoms with Crippen LogP contribution >= 0.6 is 0 Å². The highest BCUT2D eigenvalue weighted by atomic mass is 16.1. The number of H-pyrrole nitrogens is 1. The van der Waals surface area contributed by atoms with E-state index >= 15 is 0 Å². The number of aryl methyl sites for hydroxylation is 1. The standard InChI is InChI=1S/C16H20N4O/c1-13-15(12-17-19-10-6-3-7-11-19)16(21)20(18-13)14-8-4-2-5-9-14/h2,4-5,8-9,12,18H,3,6-7,10-11H2,1H3. The second-order valence-electron chi connectivity index (χ2n) is 5.39. The van der Waals surface area contributed by atoms with Crippen molar-refractivity contribution >= 4 is 6.21 Å². The van der Waals surface area contributed by atoms with E-state index in [0.29, 0.717) is 5.56 Å². The second-order valence-corrected chi connectivity index (χ2v) is 5.39. The molecule has 2 aromatic rings. The molecule has 0 aliphatic carbocycles. The number of aromatic nitrogens is 2. The van der Waals surface area contributed by atoms with Crippen molar-refractivity contribution in [2.45, 2.75) is 26.2 Å². The zero-order chi connectivity index (χ0) is 14.7. The van der Waals surface area contributed by atoms with E-state index in [1.807, 2.05) is 42.3 Å². The Morgan fingerprint density at radius 1 is 1.14 bits per heavy atom. The highest BCUT2D eigenvalue weighted by Crippen LogP contribution is 2.09. The fraction of sp³-hybridized carbons (Fsp3) is 0.375. The molecule has 0 spiro atoms. The van der Waals surface area contributed by atoms with Crippen molar-refractivity contribution in [2.24, 2.45) is 5.10 Å². The van der Waals surface area contributed by atoms with Gasteiger partial charge in [0.25, 0.3) is 5.56 Å². The first-order valence-electron chi connectivity index (χ1n) is 7.41. The lowest BCUT2D eigenvalue weighted by Gasteiger charge is -2.23. The van der Waals surface area contributed by atoms with Crippen molar-refractivity contribution in [3.63, 3.8) is 0 Å². The first-order valence-corrected chi connectivity index (χ1v) is 7.41. The van der Waals surface area contributed by atoms with Gasteiger partial charge in [0.2, 0.25) is 0 Å². The van der Waals surface area contributed by atoms with Gasteiger partial charge < -0.3 is 0 Å². The van der Waals surface area contributed by atoms with Crippen molar-refractivity contribution in [3.05, 3.63) is 51.9 Å². The predicted molar refractivity (Wildman–Crippen MR) is 84.1 cm³/mol. The summed E-state index contributed by atoms with van der Waals surface area (Å²) in [5, 5.41) is 9.61. The van der Waals surface area contributed by atoms with E-state index in [1.165, 1.54) is 19.3 Å². The summed E-state index contributed by atoms with van der Waals surface area (Å²) in [6.07, 6.45) is 5.32. The molecule has 1 saturated heterocycles. The third-order valence-electron chi connectivity index (χ3n) is 3.81. The van der Waals surface area contributed by atoms with Crippen LogP contribution in [0.5, 0.6) is 0 Å². The second kappa shape index (κ2) is 5.99. The highest BCUT2D eigenvalue weighted by Gasteiger charge is 2.12. The number of nitrogens with zero attached hydrogens (tertiary/aromatic N) is 3. The molecule has 1 N–H and O–H groups in total. The lowest BCUT2D eigenvalue weighted by molar-refractivity contribution is 0.240. The van der Waals surface area contributed by atoms with Gasteiger partial charge >= 0.3 is 0 Å². The van der Waals surface area contributed by atoms with Crippen LogP contribution in [0.25, 0.3) is 5.69 Å². The topological polar surface area (TPSA) is 53.4 Å². The third-order valence-corrected chi connectivity index (χ3v) is 3.81. The van der Waals surface area contributed by atoms with Crippen molar-refractivity contribution in [2.75, 3.05) is 13.1 Å². The number of hydrogen-bond donors (Lipinski definition) is 1. The van der Waals surface area contributed by atoms with Gasteiger partial charge in [0.1, 0.15) is 0 Å². The van der Waals surface area contributed by atoms with Gasteiger partial charge in [-0.2, -0.15) is 5.10 Å². The Hall–Kier alpha value is -2.30. The van der Waals surface area contributed by atoms with Crippen LogP contribution in [-0.4, -0.2) is 34.1 Å². The summed E-state index contributed by atoms with van der Waals surface area (Å²) in [5.74, 6) is 0. The summed E-state index contributed by atoms with van der Waals surface area (Å²) in [6, 6.07) is 9.58. The van der Waals surface area contributed by atoms with Crippen molar-refractivity contribution in [1.29, 1.82) is 0 Å². The molecule has 2 heterocycles. The molecule has 1 aliphatic rings. The van der Waals surface area contributed by atoms with Crippen LogP contribution in [0.2, 0.25) is 0 Å². The molecular formula is C16H20N4O. The summed E-state index contributed by atoms with van der Waals surface area (Å²) in [4.78, 5) is 12.5. The summed E-state index contributed by atoms with van der Waals surface area (Å²) in [5.41, 5.74) is 2.25. The zero-order valence-corrected chi connectivity index (χ0v) is 12.2. The van der Waals surface area contributed by atoms with Crippen LogP contribution in [0.4, 0.5) is 0 Å². The maximum absolute atomic E-state index is 12.5. The molecule has 0 atom stereocenters. The van der Waals surface area contributed by atoms with Gasteiger partial charge in [-0.25, -0.2) is 4.68 Å². The highest BCUT2D eigenvalue weighted by molar-refractivity contribution is 5.80. The average Bonchev–Trinajstić information content (AvgIpc) is 2.82. The van der Waals surface area contributed by atoms with Crippen molar-refractivity contribution < 1.29 is 0 Å². The van der Waals surface area contributed by atoms with Gasteiger partial charge in [0.05, 0.1) is 17.5 Å². The van der Waals surface area contributed by atoms with Crippen LogP contribution in [-0.2, 0) is 0 Å². The summed E-state index contributed by atoms with van der Waals surface area (Å²) in [7, 11) is 0. The molecule has 0 saturated carbocycles. The molecule has 0 amide bonds. The minimum absolute atomic E-state index is 0.0561. The Bertz CT molecular complexity index is 678. The first kappa shape index (κ1) is 13.7. The Labute approximate surface area is 123 Å². The lowest BCUT2D eigenvalue weighted by Crippen LogP contribution is -2.25. The Morgan fingerprint density at radius 2 is 1.86 bits per heavy atom. The number of aromatic amines is 1. The molecule has 1 aromatic carbocycles. The van der Waals surface area contributed by atoms with Crippen molar-refractivity contribution in [3.8, 4) is 5.69 Å². The minimum Gasteiger partial charge on any atom is -0.297 e. The quantitative estimate of drug-likeness (QED) is 0.879. The van der Waals surface area contributed by atoms with E-state index in [0.717, 1.165) is 24.5 Å². The number of para-hydroxylation sites is 1. The normalized spacial score (nSPS) is 15.8. The summed E-state index contributed by atoms with van der Waals surface area (Å²) >= 11 is 0. The molecule has 1 aromatic heterocycles. The Morgan fingerprint density at radius 3 is 2.57 bits per heavy atom. The van der Waals surface area contributed by atoms with Gasteiger partial charge in [-0.05, 0) is 38.3 Å². The van der Waals surface area contributed by atoms with E-state index in [1.54, 1.807) is 10.9 Å². The molecule has 0 bridgehead atoms. The molecule has 21 heavy (non-hydrogen) atoms. The van der Waals surface area contributed by atoms with Crippen molar-refractivity contribution in [1.82, 2.24) is 14.8 Å². The maximum atomic E-state index is 12.5. The van der Waals surface area contributed by atoms with Gasteiger partial charge in [-0.15, -0.1) is 0 Å². The largest absolute Gasteiger partial charge is 0.297 e. The fourth-order valence-corrected chi connectivity index (χ4v) is 2.60. The zero-order valence-electron chi connectivity index (χ0n) is 12.2. The van der Waals surface area contributed by atoms with Crippen LogP contribution in [0, 0.1) is 6.92 Å². The summed E-state index contributed by atoms with van der Waals surface area (Å²) in [6.45, 7) is 3.86. The molecule has 0 radical (unpaired) electrons. The molecule has 5 nitrogen and oxygen atoms in total. The number of piperidine rings is 1. The maximum Gasteiger partial charge on any atom is 0.280 e. The molecule has 3 rings (SSSR count). The Kier molecular flexibility index (Phi) is 3.90. The molecule has 0 unspecified atom stereocenters. The average molecular weight is 284 g/mol. The smallest absolute Gasteiger partial charge is 0.280 e. The molecular weight excluding hydrogens is 264 g/mol. The van der Waals surface area contributed by atoms with E-state index < -0.39 is 0 Å². The molecule has 5 heteroatoms. The fourth-order valence-electron chi connectivity index (χ4n) is 2.60. The van der Waals surface area contributed by atoms with Gasteiger partial charge in [-0.3, -0.25) is 14.9 Å². The first-order chi connectivity index (χ1) is 10.3. The van der Waals surface area contributed by atoms with Crippen LogP contribution in [0.15, 0.2) is 40.2 Å². The molecule has 1 fully saturated rings. The number of benzene rings is 1. The number of rotatable bonds is 3. The Balaban J connectivity index is 1.88. The van der Waals surface area contributed by atoms with Gasteiger partial charge in [0, 0.05) is 18.8 Å². The molecule has 1 aliphatic heterocycles. The van der Waals surface area contributed by atoms with E-state index in [4.69, 9.17) is 0 Å². The monoisotopic (exact) mass is 284 g/mol. The van der Waals surface area contributed by atoms with Crippen LogP contribution < -0.4 is 5.56 Å². The number of hydrogen-bond acceptors (Lipinski definition) is 3. The van der Waals surface area contributed by atoms with E-state index in [2.05, 4.69) is 10.2 Å². The predicted octanol–water partition coefficient (Wildman–Crippen LogP) is 2.29. The number of hydrazone groups is 1. The minimum atomic E-state index is -0.0561. The SMILES string of the molecule is Cc1[nH]n(-c2ccccc2)c(=O)c1C=NN1CCCCC1. The van der Waals surface area contributed by atoms with Crippen LogP contribution in [0.3, 0.4) is 0 Å². The van der Waals surface area contributed by atoms with Crippen LogP contribution in [0.1, 0.15) is 30.5 Å². The van der Waals surface area contributed by atoms with Gasteiger partial charge in [-0.1, -0.05) is 18.2 Å². The lowest BCUT2D eigenvalue weighted by atomic mass is 10.2. The number of nitrogens with one attached hydrogen (secondary N) is 1. The third kappa shape index (κ3) is 2.91. The van der Waals surface area contributed by atoms with E-state index in [-0.39, 0.29) is 5.56 Å². The van der Waals surface area contributed by atoms with Gasteiger partial charge in [0.15, 0.2) is 0 Å². The summed E-state index contributed by atoms with van der Waals surface area (Å²) < 4.78 is 1.56. The molecule has 110 valence electrons.